The van der Waals surface area contributed by atoms with Gasteiger partial charge in [0.1, 0.15) is 5.76 Å². The van der Waals surface area contributed by atoms with Crippen molar-refractivity contribution in [3.8, 4) is 0 Å². The van der Waals surface area contributed by atoms with E-state index in [9.17, 15) is 9.59 Å². The number of aromatic carboxylic acids is 1. The van der Waals surface area contributed by atoms with Crippen LogP contribution in [0.15, 0.2) is 16.5 Å². The maximum Gasteiger partial charge on any atom is 0.371 e. The van der Waals surface area contributed by atoms with E-state index in [4.69, 9.17) is 9.52 Å². The fourth-order valence-electron chi connectivity index (χ4n) is 3.13. The van der Waals surface area contributed by atoms with Gasteiger partial charge in [0.2, 0.25) is 11.7 Å². The molecule has 0 saturated carbocycles. The van der Waals surface area contributed by atoms with Crippen molar-refractivity contribution in [1.82, 2.24) is 10.2 Å². The highest BCUT2D eigenvalue weighted by atomic mass is 16.4. The summed E-state index contributed by atoms with van der Waals surface area (Å²) in [6.07, 6.45) is 2.49. The number of nitrogens with zero attached hydrogens (tertiary/aromatic N) is 1. The van der Waals surface area contributed by atoms with Gasteiger partial charge < -0.3 is 14.8 Å². The molecule has 0 spiro atoms. The van der Waals surface area contributed by atoms with Crippen molar-refractivity contribution in [2.24, 2.45) is 5.92 Å². The van der Waals surface area contributed by atoms with Crippen molar-refractivity contribution < 1.29 is 19.1 Å². The molecule has 2 N–H and O–H groups in total. The van der Waals surface area contributed by atoms with Crippen LogP contribution >= 0.6 is 0 Å². The van der Waals surface area contributed by atoms with Crippen LogP contribution in [-0.4, -0.2) is 41.0 Å². The van der Waals surface area contributed by atoms with Gasteiger partial charge in [0, 0.05) is 25.6 Å². The molecule has 0 aliphatic carbocycles. The number of carbonyl (C=O) groups is 2. The Morgan fingerprint density at radius 2 is 2.30 bits per heavy atom. The SMILES string of the molecule is O=C1CCC2CN(Cc3ccc(C(=O)O)o3)CCC2N1. The molecule has 2 aliphatic rings. The van der Waals surface area contributed by atoms with Crippen LogP contribution < -0.4 is 5.32 Å². The van der Waals surface area contributed by atoms with Crippen LogP contribution in [0.25, 0.3) is 0 Å². The summed E-state index contributed by atoms with van der Waals surface area (Å²) in [5, 5.41) is 11.9. The van der Waals surface area contributed by atoms with Crippen LogP contribution in [-0.2, 0) is 11.3 Å². The van der Waals surface area contributed by atoms with Gasteiger partial charge in [0.25, 0.3) is 0 Å². The molecule has 1 aromatic rings. The number of carbonyl (C=O) groups excluding carboxylic acids is 1. The smallest absolute Gasteiger partial charge is 0.371 e. The molecule has 0 radical (unpaired) electrons. The lowest BCUT2D eigenvalue weighted by Crippen LogP contribution is -2.53. The molecule has 1 aromatic heterocycles. The number of likely N-dealkylation sites (tertiary alicyclic amines) is 1. The lowest BCUT2D eigenvalue weighted by Gasteiger charge is -2.41. The molecular weight excluding hydrogens is 260 g/mol. The molecule has 2 atom stereocenters. The quantitative estimate of drug-likeness (QED) is 0.864. The van der Waals surface area contributed by atoms with Gasteiger partial charge in [-0.05, 0) is 30.9 Å². The summed E-state index contributed by atoms with van der Waals surface area (Å²) in [5.74, 6) is 0.289. The van der Waals surface area contributed by atoms with E-state index in [2.05, 4.69) is 10.2 Å². The third-order valence-electron chi connectivity index (χ3n) is 4.16. The van der Waals surface area contributed by atoms with Crippen LogP contribution in [0, 0.1) is 5.92 Å². The molecule has 3 rings (SSSR count). The fourth-order valence-corrected chi connectivity index (χ4v) is 3.13. The number of carboxylic acids is 1. The van der Waals surface area contributed by atoms with Gasteiger partial charge in [-0.15, -0.1) is 0 Å². The molecule has 1 amide bonds. The molecule has 6 nitrogen and oxygen atoms in total. The lowest BCUT2D eigenvalue weighted by molar-refractivity contribution is -0.125. The van der Waals surface area contributed by atoms with Gasteiger partial charge in [-0.1, -0.05) is 0 Å². The zero-order valence-electron chi connectivity index (χ0n) is 11.2. The predicted octanol–water partition coefficient (Wildman–Crippen LogP) is 1.08. The van der Waals surface area contributed by atoms with E-state index >= 15 is 0 Å². The normalized spacial score (nSPS) is 26.9. The Kier molecular flexibility index (Phi) is 3.48. The fraction of sp³-hybridized carbons (Fsp3) is 0.571. The first-order valence-corrected chi connectivity index (χ1v) is 6.95. The number of nitrogens with one attached hydrogen (secondary N) is 1. The summed E-state index contributed by atoms with van der Waals surface area (Å²) in [7, 11) is 0. The Morgan fingerprint density at radius 1 is 1.45 bits per heavy atom. The molecule has 6 heteroatoms. The van der Waals surface area contributed by atoms with Gasteiger partial charge in [0.15, 0.2) is 0 Å². The molecule has 2 aliphatic heterocycles. The van der Waals surface area contributed by atoms with Gasteiger partial charge in [-0.3, -0.25) is 9.69 Å². The average Bonchev–Trinajstić information content (AvgIpc) is 2.88. The number of carboxylic acid groups (broad SMARTS) is 1. The minimum Gasteiger partial charge on any atom is -0.475 e. The van der Waals surface area contributed by atoms with E-state index in [1.165, 1.54) is 6.07 Å². The molecule has 0 aromatic carbocycles. The monoisotopic (exact) mass is 278 g/mol. The van der Waals surface area contributed by atoms with Gasteiger partial charge in [0.05, 0.1) is 6.54 Å². The van der Waals surface area contributed by atoms with Gasteiger partial charge in [-0.25, -0.2) is 4.79 Å². The van der Waals surface area contributed by atoms with E-state index in [1.54, 1.807) is 6.07 Å². The van der Waals surface area contributed by atoms with Gasteiger partial charge >= 0.3 is 5.97 Å². The second kappa shape index (κ2) is 5.28. The first-order chi connectivity index (χ1) is 9.61. The van der Waals surface area contributed by atoms with Crippen molar-refractivity contribution in [3.63, 3.8) is 0 Å². The second-order valence-corrected chi connectivity index (χ2v) is 5.57. The maximum atomic E-state index is 11.4. The zero-order valence-corrected chi connectivity index (χ0v) is 11.2. The minimum atomic E-state index is -1.04. The summed E-state index contributed by atoms with van der Waals surface area (Å²) in [6, 6.07) is 3.52. The molecule has 3 heterocycles. The summed E-state index contributed by atoms with van der Waals surface area (Å²) in [5.41, 5.74) is 0. The van der Waals surface area contributed by atoms with E-state index in [0.29, 0.717) is 30.7 Å². The van der Waals surface area contributed by atoms with Crippen molar-refractivity contribution in [1.29, 1.82) is 0 Å². The Hall–Kier alpha value is -1.82. The van der Waals surface area contributed by atoms with Crippen LogP contribution in [0.3, 0.4) is 0 Å². The van der Waals surface area contributed by atoms with Gasteiger partial charge in [-0.2, -0.15) is 0 Å². The van der Waals surface area contributed by atoms with Crippen molar-refractivity contribution in [2.75, 3.05) is 13.1 Å². The van der Waals surface area contributed by atoms with Crippen molar-refractivity contribution in [3.05, 3.63) is 23.7 Å². The largest absolute Gasteiger partial charge is 0.475 e. The number of amides is 1. The Bertz CT molecular complexity index is 525. The Labute approximate surface area is 116 Å². The number of hydrogen-bond donors (Lipinski definition) is 2. The number of piperidine rings is 2. The highest BCUT2D eigenvalue weighted by Gasteiger charge is 2.33. The van der Waals surface area contributed by atoms with Crippen LogP contribution in [0.5, 0.6) is 0 Å². The number of rotatable bonds is 3. The van der Waals surface area contributed by atoms with E-state index in [0.717, 1.165) is 25.9 Å². The van der Waals surface area contributed by atoms with Crippen molar-refractivity contribution >= 4 is 11.9 Å². The molecule has 108 valence electrons. The number of fused-ring (bicyclic) bond motifs is 1. The highest BCUT2D eigenvalue weighted by molar-refractivity contribution is 5.84. The Morgan fingerprint density at radius 3 is 3.05 bits per heavy atom. The molecule has 20 heavy (non-hydrogen) atoms. The van der Waals surface area contributed by atoms with Crippen LogP contribution in [0.2, 0.25) is 0 Å². The molecule has 2 fully saturated rings. The number of hydrogen-bond acceptors (Lipinski definition) is 4. The Balaban J connectivity index is 1.59. The first kappa shape index (κ1) is 13.2. The third-order valence-corrected chi connectivity index (χ3v) is 4.16. The molecular formula is C14H18N2O4. The molecule has 2 saturated heterocycles. The minimum absolute atomic E-state index is 0.0141. The van der Waals surface area contributed by atoms with Crippen LogP contribution in [0.4, 0.5) is 0 Å². The average molecular weight is 278 g/mol. The maximum absolute atomic E-state index is 11.4. The van der Waals surface area contributed by atoms with E-state index in [1.807, 2.05) is 0 Å². The summed E-state index contributed by atoms with van der Waals surface area (Å²) < 4.78 is 5.29. The van der Waals surface area contributed by atoms with Crippen LogP contribution in [0.1, 0.15) is 35.6 Å². The van der Waals surface area contributed by atoms with E-state index < -0.39 is 5.97 Å². The first-order valence-electron chi connectivity index (χ1n) is 6.95. The molecule has 2 unspecified atom stereocenters. The highest BCUT2D eigenvalue weighted by Crippen LogP contribution is 2.26. The zero-order chi connectivity index (χ0) is 14.1. The summed E-state index contributed by atoms with van der Waals surface area (Å²) in [4.78, 5) is 24.4. The van der Waals surface area contributed by atoms with Crippen molar-refractivity contribution in [2.45, 2.75) is 31.8 Å². The second-order valence-electron chi connectivity index (χ2n) is 5.57. The molecule has 0 bridgehead atoms. The number of furan rings is 1. The summed E-state index contributed by atoms with van der Waals surface area (Å²) >= 11 is 0. The standard InChI is InChI=1S/C14H18N2O4/c17-13-4-1-9-7-16(6-5-11(9)15-13)8-10-2-3-12(20-10)14(18)19/h2-3,9,11H,1,4-8H2,(H,15,17)(H,18,19). The van der Waals surface area contributed by atoms with E-state index in [-0.39, 0.29) is 11.7 Å². The lowest BCUT2D eigenvalue weighted by atomic mass is 9.85. The third kappa shape index (κ3) is 2.70. The topological polar surface area (TPSA) is 82.8 Å². The predicted molar refractivity (Wildman–Crippen MR) is 70.2 cm³/mol. The summed E-state index contributed by atoms with van der Waals surface area (Å²) in [6.45, 7) is 2.45.